The van der Waals surface area contributed by atoms with Crippen molar-refractivity contribution in [3.8, 4) is 0 Å². The Hall–Kier alpha value is -1.52. The van der Waals surface area contributed by atoms with Gasteiger partial charge in [0.05, 0.1) is 12.2 Å². The molecule has 1 aromatic carbocycles. The van der Waals surface area contributed by atoms with Gasteiger partial charge < -0.3 is 14.6 Å². The fourth-order valence-corrected chi connectivity index (χ4v) is 4.61. The van der Waals surface area contributed by atoms with Gasteiger partial charge in [-0.2, -0.15) is 0 Å². The number of hydrogen-bond acceptors (Lipinski definition) is 3. The summed E-state index contributed by atoms with van der Waals surface area (Å²) >= 11 is 6.08. The summed E-state index contributed by atoms with van der Waals surface area (Å²) in [5, 5.41) is 1.59. The molecule has 0 saturated carbocycles. The molecule has 2 fully saturated rings. The third-order valence-electron chi connectivity index (χ3n) is 5.61. The summed E-state index contributed by atoms with van der Waals surface area (Å²) in [4.78, 5) is 18.3. The molecule has 128 valence electrons. The van der Waals surface area contributed by atoms with Crippen molar-refractivity contribution in [2.45, 2.75) is 26.2 Å². The third-order valence-corrected chi connectivity index (χ3v) is 5.83. The number of nitrogens with one attached hydrogen (secondary N) is 1. The van der Waals surface area contributed by atoms with Crippen LogP contribution in [0.5, 0.6) is 0 Å². The topological polar surface area (TPSA) is 45.3 Å². The molecular formula is C19H23ClN2O2. The van der Waals surface area contributed by atoms with Gasteiger partial charge in [0.1, 0.15) is 0 Å². The summed E-state index contributed by atoms with van der Waals surface area (Å²) < 4.78 is 5.70. The number of esters is 1. The van der Waals surface area contributed by atoms with Crippen molar-refractivity contribution in [1.29, 1.82) is 0 Å². The maximum Gasteiger partial charge on any atom is 0.340 e. The first-order chi connectivity index (χ1) is 11.6. The third kappa shape index (κ3) is 2.93. The van der Waals surface area contributed by atoms with Crippen molar-refractivity contribution in [3.05, 3.63) is 34.5 Å². The van der Waals surface area contributed by atoms with E-state index in [4.69, 9.17) is 16.3 Å². The molecule has 24 heavy (non-hydrogen) atoms. The number of benzene rings is 1. The van der Waals surface area contributed by atoms with Crippen molar-refractivity contribution in [2.75, 3.05) is 26.2 Å². The first kappa shape index (κ1) is 16.0. The highest BCUT2D eigenvalue weighted by atomic mass is 35.5. The smallest absolute Gasteiger partial charge is 0.340 e. The average Bonchev–Trinajstić information content (AvgIpc) is 2.98. The Balaban J connectivity index is 1.47. The quantitative estimate of drug-likeness (QED) is 0.854. The van der Waals surface area contributed by atoms with E-state index < -0.39 is 0 Å². The fourth-order valence-electron chi connectivity index (χ4n) is 4.34. The van der Waals surface area contributed by atoms with Gasteiger partial charge in [-0.1, -0.05) is 11.6 Å². The second-order valence-corrected chi connectivity index (χ2v) is 7.63. The molecule has 3 atom stereocenters. The number of carbonyl (C=O) groups excluding carboxylic acids is 1. The molecule has 2 aliphatic heterocycles. The lowest BCUT2D eigenvalue weighted by atomic mass is 9.80. The Bertz CT molecular complexity index is 770. The van der Waals surface area contributed by atoms with Crippen LogP contribution in [0.15, 0.2) is 18.3 Å². The molecule has 4 rings (SSSR count). The molecule has 3 heterocycles. The second-order valence-electron chi connectivity index (χ2n) is 7.20. The standard InChI is InChI=1S/C19H23ClN2O2/c1-12-7-15(20)8-17-18(12)16(9-21-17)19(23)24-11-14-4-6-22-5-2-3-13(14)10-22/h7-9,13-14,21H,2-6,10-11H2,1H3. The minimum Gasteiger partial charge on any atom is -0.462 e. The number of fused-ring (bicyclic) bond motifs is 3. The number of H-pyrrole nitrogens is 1. The van der Waals surface area contributed by atoms with Crippen LogP contribution in [0, 0.1) is 18.8 Å². The molecule has 2 aliphatic rings. The highest BCUT2D eigenvalue weighted by molar-refractivity contribution is 6.31. The number of ether oxygens (including phenoxy) is 1. The van der Waals surface area contributed by atoms with E-state index in [1.54, 1.807) is 6.20 Å². The van der Waals surface area contributed by atoms with E-state index in [2.05, 4.69) is 9.88 Å². The van der Waals surface area contributed by atoms with E-state index in [0.717, 1.165) is 29.4 Å². The number of aryl methyl sites for hydroxylation is 1. The lowest BCUT2D eigenvalue weighted by Gasteiger charge is -2.42. The SMILES string of the molecule is Cc1cc(Cl)cc2[nH]cc(C(=O)OCC3CCN4CCCC3C4)c12. The number of halogens is 1. The number of piperidine rings is 2. The molecule has 2 bridgehead atoms. The second kappa shape index (κ2) is 6.41. The van der Waals surface area contributed by atoms with Gasteiger partial charge in [-0.05, 0) is 68.8 Å². The van der Waals surface area contributed by atoms with E-state index in [0.29, 0.717) is 29.0 Å². The average molecular weight is 347 g/mol. The molecule has 1 N–H and O–H groups in total. The van der Waals surface area contributed by atoms with Gasteiger partial charge in [0, 0.05) is 28.7 Å². The zero-order valence-corrected chi connectivity index (χ0v) is 14.7. The van der Waals surface area contributed by atoms with Crippen LogP contribution in [0.3, 0.4) is 0 Å². The van der Waals surface area contributed by atoms with E-state index in [1.807, 2.05) is 19.1 Å². The molecule has 5 heteroatoms. The summed E-state index contributed by atoms with van der Waals surface area (Å²) in [6.07, 6.45) is 5.42. The van der Waals surface area contributed by atoms with Crippen LogP contribution >= 0.6 is 11.6 Å². The molecular weight excluding hydrogens is 324 g/mol. The highest BCUT2D eigenvalue weighted by Crippen LogP contribution is 2.32. The Morgan fingerprint density at radius 1 is 1.38 bits per heavy atom. The predicted molar refractivity (Wildman–Crippen MR) is 95.6 cm³/mol. The van der Waals surface area contributed by atoms with E-state index in [9.17, 15) is 4.79 Å². The Morgan fingerprint density at radius 2 is 2.25 bits per heavy atom. The summed E-state index contributed by atoms with van der Waals surface area (Å²) in [7, 11) is 0. The molecule has 0 spiro atoms. The fraction of sp³-hybridized carbons (Fsp3) is 0.526. The number of nitrogens with zero attached hydrogens (tertiary/aromatic N) is 1. The van der Waals surface area contributed by atoms with Gasteiger partial charge in [-0.25, -0.2) is 4.79 Å². The molecule has 2 aromatic rings. The van der Waals surface area contributed by atoms with Crippen LogP contribution in [0.2, 0.25) is 5.02 Å². The van der Waals surface area contributed by atoms with E-state index >= 15 is 0 Å². The number of aromatic nitrogens is 1. The van der Waals surface area contributed by atoms with Gasteiger partial charge in [0.2, 0.25) is 0 Å². The molecule has 2 saturated heterocycles. The van der Waals surface area contributed by atoms with Gasteiger partial charge in [0.25, 0.3) is 0 Å². The zero-order chi connectivity index (χ0) is 16.7. The van der Waals surface area contributed by atoms with Crippen molar-refractivity contribution in [3.63, 3.8) is 0 Å². The normalized spacial score (nSPS) is 26.5. The van der Waals surface area contributed by atoms with E-state index in [1.165, 1.54) is 25.9 Å². The van der Waals surface area contributed by atoms with Gasteiger partial charge in [-0.15, -0.1) is 0 Å². The first-order valence-corrected chi connectivity index (χ1v) is 9.16. The molecule has 0 radical (unpaired) electrons. The molecule has 0 amide bonds. The van der Waals surface area contributed by atoms with Crippen molar-refractivity contribution < 1.29 is 9.53 Å². The maximum absolute atomic E-state index is 12.6. The summed E-state index contributed by atoms with van der Waals surface area (Å²) in [6.45, 7) is 6.06. The first-order valence-electron chi connectivity index (χ1n) is 8.78. The number of aromatic amines is 1. The Morgan fingerprint density at radius 3 is 3.12 bits per heavy atom. The summed E-state index contributed by atoms with van der Waals surface area (Å²) in [6, 6.07) is 3.73. The van der Waals surface area contributed by atoms with Crippen LogP contribution in [0.25, 0.3) is 10.9 Å². The number of hydrogen-bond donors (Lipinski definition) is 1. The van der Waals surface area contributed by atoms with Gasteiger partial charge in [-0.3, -0.25) is 0 Å². The Labute approximate surface area is 147 Å². The number of carbonyl (C=O) groups is 1. The zero-order valence-electron chi connectivity index (χ0n) is 14.0. The highest BCUT2D eigenvalue weighted by Gasteiger charge is 2.32. The lowest BCUT2D eigenvalue weighted by Crippen LogP contribution is -2.45. The van der Waals surface area contributed by atoms with Crippen molar-refractivity contribution in [1.82, 2.24) is 9.88 Å². The number of rotatable bonds is 3. The monoisotopic (exact) mass is 346 g/mol. The summed E-state index contributed by atoms with van der Waals surface area (Å²) in [5.41, 5.74) is 2.49. The molecule has 3 unspecified atom stereocenters. The minimum atomic E-state index is -0.232. The maximum atomic E-state index is 12.6. The van der Waals surface area contributed by atoms with Crippen molar-refractivity contribution >= 4 is 28.5 Å². The minimum absolute atomic E-state index is 0.232. The van der Waals surface area contributed by atoms with Crippen LogP contribution < -0.4 is 0 Å². The molecule has 0 aliphatic carbocycles. The van der Waals surface area contributed by atoms with Crippen LogP contribution in [0.1, 0.15) is 35.2 Å². The van der Waals surface area contributed by atoms with Crippen molar-refractivity contribution in [2.24, 2.45) is 11.8 Å². The van der Waals surface area contributed by atoms with Crippen LogP contribution in [-0.4, -0.2) is 42.1 Å². The van der Waals surface area contributed by atoms with Crippen LogP contribution in [-0.2, 0) is 4.74 Å². The lowest BCUT2D eigenvalue weighted by molar-refractivity contribution is 0.0129. The predicted octanol–water partition coefficient (Wildman–Crippen LogP) is 4.02. The van der Waals surface area contributed by atoms with Gasteiger partial charge in [0.15, 0.2) is 0 Å². The largest absolute Gasteiger partial charge is 0.462 e. The van der Waals surface area contributed by atoms with Crippen LogP contribution in [0.4, 0.5) is 0 Å². The van der Waals surface area contributed by atoms with E-state index in [-0.39, 0.29) is 5.97 Å². The summed E-state index contributed by atoms with van der Waals surface area (Å²) in [5.74, 6) is 0.958. The Kier molecular flexibility index (Phi) is 4.27. The molecule has 1 aromatic heterocycles. The molecule has 4 nitrogen and oxygen atoms in total. The van der Waals surface area contributed by atoms with Gasteiger partial charge >= 0.3 is 5.97 Å².